The fourth-order valence-electron chi connectivity index (χ4n) is 13.1. The summed E-state index contributed by atoms with van der Waals surface area (Å²) in [7, 11) is -5.70. The third kappa shape index (κ3) is 39.3. The van der Waals surface area contributed by atoms with Gasteiger partial charge in [0.15, 0.2) is 18.7 Å². The van der Waals surface area contributed by atoms with Crippen LogP contribution in [-0.2, 0) is 61.2 Å². The molecule has 0 amide bonds. The lowest BCUT2D eigenvalue weighted by atomic mass is 9.84. The summed E-state index contributed by atoms with van der Waals surface area (Å²) in [6.45, 7) is 3.47. The summed E-state index contributed by atoms with van der Waals surface area (Å²) >= 11 is 0. The summed E-state index contributed by atoms with van der Waals surface area (Å²) in [5.41, 5.74) is 0. The summed E-state index contributed by atoms with van der Waals surface area (Å²) in [6.07, 6.45) is 16.9. The van der Waals surface area contributed by atoms with E-state index < -0.39 is 156 Å². The van der Waals surface area contributed by atoms with E-state index in [1.165, 1.54) is 167 Å². The van der Waals surface area contributed by atoms with Crippen molar-refractivity contribution < 1.29 is 117 Å². The maximum Gasteiger partial charge on any atom is 0.472 e. The number of allylic oxidation sites excluding steroid dienone is 2. The second-order valence-corrected chi connectivity index (χ2v) is 29.8. The molecule has 2 aliphatic heterocycles. The van der Waals surface area contributed by atoms with Crippen molar-refractivity contribution in [1.82, 2.24) is 0 Å². The lowest BCUT2D eigenvalue weighted by Crippen LogP contribution is -2.69. The van der Waals surface area contributed by atoms with Crippen LogP contribution < -0.4 is 0 Å². The van der Waals surface area contributed by atoms with Gasteiger partial charge in [0.2, 0.25) is 0 Å². The lowest BCUT2D eigenvalue weighted by molar-refractivity contribution is -0.360. The van der Waals surface area contributed by atoms with Crippen molar-refractivity contribution in [1.29, 1.82) is 0 Å². The van der Waals surface area contributed by atoms with Crippen LogP contribution in [0.5, 0.6) is 0 Å². The van der Waals surface area contributed by atoms with Crippen molar-refractivity contribution in [3.8, 4) is 0 Å². The Balaban J connectivity index is 1.71. The number of carbonyl (C=O) groups is 3. The predicted octanol–water partition coefficient (Wildman–Crippen LogP) is 11.5. The molecule has 3 fully saturated rings. The van der Waals surface area contributed by atoms with E-state index in [0.29, 0.717) is 25.7 Å². The summed E-state index contributed by atoms with van der Waals surface area (Å²) in [5.74, 6) is -1.99. The molecule has 2 heterocycles. The molecule has 3 rings (SSSR count). The summed E-state index contributed by atoms with van der Waals surface area (Å²) in [4.78, 5) is 51.1. The van der Waals surface area contributed by atoms with Gasteiger partial charge in [-0.05, 0) is 44.9 Å². The van der Waals surface area contributed by atoms with Crippen LogP contribution >= 0.6 is 7.82 Å². The van der Waals surface area contributed by atoms with Crippen molar-refractivity contribution in [3.63, 3.8) is 0 Å². The molecule has 100 heavy (non-hydrogen) atoms. The van der Waals surface area contributed by atoms with E-state index in [-0.39, 0.29) is 19.3 Å². The summed E-state index contributed by atoms with van der Waals surface area (Å²) in [5, 5.41) is 110. The highest BCUT2D eigenvalue weighted by Crippen LogP contribution is 2.49. The molecule has 1 saturated carbocycles. The van der Waals surface area contributed by atoms with E-state index in [1.807, 2.05) is 0 Å². The number of ether oxygens (including phenoxy) is 7. The Hall–Kier alpha value is -2.30. The SMILES string of the molecule is CCCCCCCCC/C=C\CCCCCC(=O)OC(COC(=O)CCCCCCCCCCCCCCCCCC)COP(=O)(O)OC1C(OC2OC(CO)C(O)C(O)C2O)C(O)C(O)C(O)C1OC1OC(COC(=O)CCCCCCCCCCCCCCCCC)C(O)C(O)C1O. The van der Waals surface area contributed by atoms with Gasteiger partial charge in [0.05, 0.1) is 13.2 Å². The third-order valence-corrected chi connectivity index (χ3v) is 20.5. The Labute approximate surface area is 599 Å². The Morgan fingerprint density at radius 3 is 1.09 bits per heavy atom. The van der Waals surface area contributed by atoms with Crippen molar-refractivity contribution >= 4 is 25.7 Å². The zero-order valence-electron chi connectivity index (χ0n) is 61.5. The molecule has 0 radical (unpaired) electrons. The van der Waals surface area contributed by atoms with Crippen molar-refractivity contribution in [2.75, 3.05) is 26.4 Å². The maximum atomic E-state index is 14.3. The molecule has 1 aliphatic carbocycles. The molecule has 2 saturated heterocycles. The van der Waals surface area contributed by atoms with E-state index in [2.05, 4.69) is 32.9 Å². The van der Waals surface area contributed by atoms with Crippen molar-refractivity contribution in [2.45, 2.75) is 420 Å². The van der Waals surface area contributed by atoms with E-state index in [1.54, 1.807) is 0 Å². The molecule has 3 aliphatic rings. The Bertz CT molecular complexity index is 2110. The van der Waals surface area contributed by atoms with Gasteiger partial charge in [-0.3, -0.25) is 23.4 Å². The standard InChI is InChI=1S/C75H139O24P/c1-4-7-10-13-16-19-22-25-28-30-33-34-37-40-43-46-49-59(77)91-53-56(94-61(79)51-48-45-42-39-36-31-27-24-21-18-15-12-9-6-3)54-93-100(89,90)99-73-71(97-74-69(87)64(82)62(80)57(52-76)95-74)67(85)66(84)68(86)72(73)98-75-70(88)65(83)63(81)58(96-75)55-92-60(78)50-47-44-41-38-35-32-29-26-23-20-17-14-11-8-5-2/h31,36,56-58,62-76,80-88H,4-30,32-35,37-55H2,1-3H3,(H,89,90)/b36-31-. The van der Waals surface area contributed by atoms with Gasteiger partial charge < -0.3 is 89.1 Å². The monoisotopic (exact) mass is 1450 g/mol. The van der Waals surface area contributed by atoms with Gasteiger partial charge in [-0.25, -0.2) is 4.57 Å². The highest BCUT2D eigenvalue weighted by Gasteiger charge is 2.58. The zero-order chi connectivity index (χ0) is 73.2. The minimum absolute atomic E-state index is 0.0322. The van der Waals surface area contributed by atoms with Crippen LogP contribution in [-0.4, -0.2) is 204 Å². The van der Waals surface area contributed by atoms with E-state index in [0.717, 1.165) is 83.5 Å². The number of hydrogen-bond acceptors (Lipinski definition) is 23. The second kappa shape index (κ2) is 57.0. The number of phosphoric ester groups is 1. The minimum Gasteiger partial charge on any atom is -0.463 e. The number of carbonyl (C=O) groups excluding carboxylic acids is 3. The first-order chi connectivity index (χ1) is 48.3. The molecular weight excluding hydrogens is 1320 g/mol. The van der Waals surface area contributed by atoms with E-state index >= 15 is 0 Å². The van der Waals surface area contributed by atoms with Gasteiger partial charge in [-0.15, -0.1) is 0 Å². The van der Waals surface area contributed by atoms with Gasteiger partial charge in [0.1, 0.15) is 98.7 Å². The van der Waals surface area contributed by atoms with Crippen molar-refractivity contribution in [3.05, 3.63) is 12.2 Å². The first-order valence-electron chi connectivity index (χ1n) is 39.5. The summed E-state index contributed by atoms with van der Waals surface area (Å²) < 4.78 is 65.1. The predicted molar refractivity (Wildman–Crippen MR) is 379 cm³/mol. The highest BCUT2D eigenvalue weighted by atomic mass is 31.2. The number of hydrogen-bond donors (Lipinski definition) is 11. The van der Waals surface area contributed by atoms with Crippen LogP contribution in [0.1, 0.15) is 316 Å². The number of esters is 3. The highest BCUT2D eigenvalue weighted by molar-refractivity contribution is 7.47. The number of unbranched alkanes of at least 4 members (excludes halogenated alkanes) is 39. The molecule has 25 heteroatoms. The number of phosphoric acid groups is 1. The van der Waals surface area contributed by atoms with Gasteiger partial charge in [0, 0.05) is 19.3 Å². The van der Waals surface area contributed by atoms with Gasteiger partial charge in [0.25, 0.3) is 0 Å². The molecule has 11 N–H and O–H groups in total. The van der Waals surface area contributed by atoms with E-state index in [4.69, 9.17) is 42.2 Å². The fourth-order valence-corrected chi connectivity index (χ4v) is 14.1. The minimum atomic E-state index is -5.70. The first kappa shape index (κ1) is 91.9. The molecule has 0 aromatic carbocycles. The van der Waals surface area contributed by atoms with Crippen LogP contribution in [0, 0.1) is 0 Å². The fraction of sp³-hybridized carbons (Fsp3) is 0.933. The second-order valence-electron chi connectivity index (χ2n) is 28.4. The molecule has 24 nitrogen and oxygen atoms in total. The molecule has 0 aromatic heterocycles. The van der Waals surface area contributed by atoms with Crippen LogP contribution in [0.25, 0.3) is 0 Å². The van der Waals surface area contributed by atoms with Gasteiger partial charge in [-0.1, -0.05) is 264 Å². The average molecular weight is 1460 g/mol. The van der Waals surface area contributed by atoms with Crippen LogP contribution in [0.2, 0.25) is 0 Å². The number of aliphatic hydroxyl groups excluding tert-OH is 10. The van der Waals surface area contributed by atoms with Crippen LogP contribution in [0.4, 0.5) is 0 Å². The first-order valence-corrected chi connectivity index (χ1v) is 41.0. The molecule has 0 aromatic rings. The molecule has 588 valence electrons. The number of rotatable bonds is 62. The average Bonchev–Trinajstić information content (AvgIpc) is 0.762. The molecule has 18 unspecified atom stereocenters. The number of aliphatic hydroxyl groups is 10. The van der Waals surface area contributed by atoms with Crippen LogP contribution in [0.15, 0.2) is 12.2 Å². The topological polar surface area (TPSA) is 374 Å². The normalized spacial score (nSPS) is 27.3. The van der Waals surface area contributed by atoms with Crippen LogP contribution in [0.3, 0.4) is 0 Å². The molecule has 0 bridgehead atoms. The Morgan fingerprint density at radius 2 is 0.700 bits per heavy atom. The maximum absolute atomic E-state index is 14.3. The quantitative estimate of drug-likeness (QED) is 0.00886. The largest absolute Gasteiger partial charge is 0.472 e. The Morgan fingerprint density at radius 1 is 0.380 bits per heavy atom. The summed E-state index contributed by atoms with van der Waals surface area (Å²) in [6, 6.07) is 0. The van der Waals surface area contributed by atoms with E-state index in [9.17, 15) is 74.9 Å². The third-order valence-electron chi connectivity index (χ3n) is 19.5. The molecular formula is C75H139O24P. The van der Waals surface area contributed by atoms with Crippen molar-refractivity contribution in [2.24, 2.45) is 0 Å². The van der Waals surface area contributed by atoms with Gasteiger partial charge in [-0.2, -0.15) is 0 Å². The smallest absolute Gasteiger partial charge is 0.463 e. The molecule has 18 atom stereocenters. The van der Waals surface area contributed by atoms with Gasteiger partial charge >= 0.3 is 25.7 Å². The molecule has 0 spiro atoms. The zero-order valence-corrected chi connectivity index (χ0v) is 62.4. The Kier molecular flexibility index (Phi) is 52.3. The lowest BCUT2D eigenvalue weighted by Gasteiger charge is -2.49.